The van der Waals surface area contributed by atoms with Gasteiger partial charge in [0.1, 0.15) is 0 Å². The minimum absolute atomic E-state index is 0.509. The quantitative estimate of drug-likeness (QED) is 0.761. The summed E-state index contributed by atoms with van der Waals surface area (Å²) in [6.07, 6.45) is -0.533. The monoisotopic (exact) mass is 211 g/mol. The third-order valence-corrected chi connectivity index (χ3v) is 2.19. The summed E-state index contributed by atoms with van der Waals surface area (Å²) < 4.78 is 10.3. The van der Waals surface area contributed by atoms with Gasteiger partial charge in [0, 0.05) is 6.54 Å². The molecular weight excluding hydrogens is 194 g/mol. The molecule has 0 spiro atoms. The van der Waals surface area contributed by atoms with Gasteiger partial charge in [-0.15, -0.1) is 0 Å². The number of ether oxygens (including phenoxy) is 2. The maximum Gasteiger partial charge on any atom is 0.161 e. The fourth-order valence-corrected chi connectivity index (χ4v) is 1.37. The van der Waals surface area contributed by atoms with Gasteiger partial charge < -0.3 is 19.9 Å². The average molecular weight is 211 g/mol. The lowest BCUT2D eigenvalue weighted by Crippen LogP contribution is -2.16. The van der Waals surface area contributed by atoms with Gasteiger partial charge in [0.05, 0.1) is 20.3 Å². The van der Waals surface area contributed by atoms with Gasteiger partial charge in [-0.2, -0.15) is 0 Å². The van der Waals surface area contributed by atoms with Crippen LogP contribution >= 0.6 is 0 Å². The zero-order chi connectivity index (χ0) is 11.3. The third-order valence-electron chi connectivity index (χ3n) is 2.19. The number of hydrogen-bond acceptors (Lipinski definition) is 4. The largest absolute Gasteiger partial charge is 0.493 e. The summed E-state index contributed by atoms with van der Waals surface area (Å²) in [6.45, 7) is 0.509. The molecule has 0 amide bonds. The number of hydrogen-bond donors (Lipinski definition) is 2. The SMILES string of the molecule is CNCC(O)c1ccc(OC)c(OC)c1. The van der Waals surface area contributed by atoms with Crippen LogP contribution in [0.15, 0.2) is 18.2 Å². The van der Waals surface area contributed by atoms with Crippen LogP contribution in [0.1, 0.15) is 11.7 Å². The molecule has 0 aliphatic rings. The van der Waals surface area contributed by atoms with Crippen LogP contribution in [0, 0.1) is 0 Å². The normalized spacial score (nSPS) is 12.3. The van der Waals surface area contributed by atoms with E-state index >= 15 is 0 Å². The standard InChI is InChI=1S/C11H17NO3/c1-12-7-9(13)8-4-5-10(14-2)11(6-8)15-3/h4-6,9,12-13H,7H2,1-3H3. The molecular formula is C11H17NO3. The summed E-state index contributed by atoms with van der Waals surface area (Å²) in [5.74, 6) is 1.29. The van der Waals surface area contributed by atoms with Crippen LogP contribution in [0.4, 0.5) is 0 Å². The fourth-order valence-electron chi connectivity index (χ4n) is 1.37. The Kier molecular flexibility index (Phi) is 4.39. The van der Waals surface area contributed by atoms with Crippen LogP contribution in [0.25, 0.3) is 0 Å². The van der Waals surface area contributed by atoms with Crippen molar-refractivity contribution in [2.45, 2.75) is 6.10 Å². The van der Waals surface area contributed by atoms with E-state index in [4.69, 9.17) is 9.47 Å². The molecule has 0 heterocycles. The smallest absolute Gasteiger partial charge is 0.161 e. The van der Waals surface area contributed by atoms with Crippen LogP contribution in [0.2, 0.25) is 0 Å². The Labute approximate surface area is 89.8 Å². The van der Waals surface area contributed by atoms with Gasteiger partial charge in [0.15, 0.2) is 11.5 Å². The highest BCUT2D eigenvalue weighted by Gasteiger charge is 2.10. The molecule has 15 heavy (non-hydrogen) atoms. The average Bonchev–Trinajstić information content (AvgIpc) is 2.28. The van der Waals surface area contributed by atoms with E-state index in [0.717, 1.165) is 5.56 Å². The highest BCUT2D eigenvalue weighted by molar-refractivity contribution is 5.43. The van der Waals surface area contributed by atoms with Crippen molar-refractivity contribution in [3.63, 3.8) is 0 Å². The van der Waals surface area contributed by atoms with E-state index in [1.807, 2.05) is 6.07 Å². The van der Waals surface area contributed by atoms with Crippen molar-refractivity contribution in [1.82, 2.24) is 5.32 Å². The zero-order valence-corrected chi connectivity index (χ0v) is 9.28. The topological polar surface area (TPSA) is 50.7 Å². The molecule has 4 heteroatoms. The first-order valence-corrected chi connectivity index (χ1v) is 4.77. The van der Waals surface area contributed by atoms with Gasteiger partial charge in [-0.25, -0.2) is 0 Å². The lowest BCUT2D eigenvalue weighted by molar-refractivity contribution is 0.177. The first-order valence-electron chi connectivity index (χ1n) is 4.77. The second-order valence-electron chi connectivity index (χ2n) is 3.19. The first-order chi connectivity index (χ1) is 7.22. The van der Waals surface area contributed by atoms with Crippen molar-refractivity contribution >= 4 is 0 Å². The van der Waals surface area contributed by atoms with Crippen LogP contribution in [-0.2, 0) is 0 Å². The van der Waals surface area contributed by atoms with E-state index in [-0.39, 0.29) is 0 Å². The number of likely N-dealkylation sites (N-methyl/N-ethyl adjacent to an activating group) is 1. The van der Waals surface area contributed by atoms with E-state index in [1.165, 1.54) is 0 Å². The van der Waals surface area contributed by atoms with Gasteiger partial charge in [-0.1, -0.05) is 6.07 Å². The third kappa shape index (κ3) is 2.84. The van der Waals surface area contributed by atoms with Gasteiger partial charge in [0.25, 0.3) is 0 Å². The second kappa shape index (κ2) is 5.58. The summed E-state index contributed by atoms with van der Waals surface area (Å²) in [4.78, 5) is 0. The van der Waals surface area contributed by atoms with E-state index < -0.39 is 6.10 Å². The maximum atomic E-state index is 9.75. The first kappa shape index (κ1) is 11.8. The van der Waals surface area contributed by atoms with Crippen molar-refractivity contribution in [2.24, 2.45) is 0 Å². The minimum Gasteiger partial charge on any atom is -0.493 e. The Hall–Kier alpha value is -1.26. The predicted octanol–water partition coefficient (Wildman–Crippen LogP) is 0.957. The van der Waals surface area contributed by atoms with E-state index in [2.05, 4.69) is 5.32 Å². The highest BCUT2D eigenvalue weighted by atomic mass is 16.5. The molecule has 84 valence electrons. The van der Waals surface area contributed by atoms with Gasteiger partial charge in [-0.05, 0) is 24.7 Å². The van der Waals surface area contributed by atoms with Crippen molar-refractivity contribution in [3.8, 4) is 11.5 Å². The summed E-state index contributed by atoms with van der Waals surface area (Å²) >= 11 is 0. The number of nitrogens with one attached hydrogen (secondary N) is 1. The molecule has 4 nitrogen and oxygen atoms in total. The lowest BCUT2D eigenvalue weighted by Gasteiger charge is -2.13. The molecule has 1 atom stereocenters. The number of benzene rings is 1. The van der Waals surface area contributed by atoms with Crippen molar-refractivity contribution in [2.75, 3.05) is 27.8 Å². The molecule has 0 aliphatic carbocycles. The molecule has 1 aromatic rings. The van der Waals surface area contributed by atoms with Crippen LogP contribution in [-0.4, -0.2) is 32.9 Å². The van der Waals surface area contributed by atoms with Crippen LogP contribution in [0.5, 0.6) is 11.5 Å². The molecule has 0 fully saturated rings. The Morgan fingerprint density at radius 3 is 2.47 bits per heavy atom. The maximum absolute atomic E-state index is 9.75. The van der Waals surface area contributed by atoms with E-state index in [1.54, 1.807) is 33.4 Å². The molecule has 0 saturated carbocycles. The number of aliphatic hydroxyl groups is 1. The van der Waals surface area contributed by atoms with Crippen molar-refractivity contribution in [1.29, 1.82) is 0 Å². The second-order valence-corrected chi connectivity index (χ2v) is 3.19. The van der Waals surface area contributed by atoms with Crippen molar-refractivity contribution < 1.29 is 14.6 Å². The summed E-state index contributed by atoms with van der Waals surface area (Å²) in [5, 5.41) is 12.7. The zero-order valence-electron chi connectivity index (χ0n) is 9.28. The van der Waals surface area contributed by atoms with Gasteiger partial charge in [0.2, 0.25) is 0 Å². The van der Waals surface area contributed by atoms with Crippen LogP contribution < -0.4 is 14.8 Å². The molecule has 0 radical (unpaired) electrons. The molecule has 1 aromatic carbocycles. The summed E-state index contributed by atoms with van der Waals surface area (Å²) in [5.41, 5.74) is 0.807. The fraction of sp³-hybridized carbons (Fsp3) is 0.455. The lowest BCUT2D eigenvalue weighted by atomic mass is 10.1. The Balaban J connectivity index is 2.92. The summed E-state index contributed by atoms with van der Waals surface area (Å²) in [6, 6.07) is 5.39. The van der Waals surface area contributed by atoms with Gasteiger partial charge >= 0.3 is 0 Å². The highest BCUT2D eigenvalue weighted by Crippen LogP contribution is 2.29. The number of aliphatic hydroxyl groups excluding tert-OH is 1. The van der Waals surface area contributed by atoms with Crippen molar-refractivity contribution in [3.05, 3.63) is 23.8 Å². The molecule has 0 aliphatic heterocycles. The molecule has 0 aromatic heterocycles. The molecule has 1 unspecified atom stereocenters. The Bertz CT molecular complexity index is 315. The van der Waals surface area contributed by atoms with Crippen LogP contribution in [0.3, 0.4) is 0 Å². The Morgan fingerprint density at radius 1 is 1.27 bits per heavy atom. The summed E-state index contributed by atoms with van der Waals surface area (Å²) in [7, 11) is 4.96. The minimum atomic E-state index is -0.533. The molecule has 1 rings (SSSR count). The number of methoxy groups -OCH3 is 2. The van der Waals surface area contributed by atoms with E-state index in [9.17, 15) is 5.11 Å². The molecule has 2 N–H and O–H groups in total. The molecule has 0 bridgehead atoms. The number of rotatable bonds is 5. The van der Waals surface area contributed by atoms with Gasteiger partial charge in [-0.3, -0.25) is 0 Å². The van der Waals surface area contributed by atoms with E-state index in [0.29, 0.717) is 18.0 Å². The molecule has 0 saturated heterocycles. The predicted molar refractivity (Wildman–Crippen MR) is 58.4 cm³/mol. The Morgan fingerprint density at radius 2 is 1.93 bits per heavy atom.